The molecule has 3 aromatic rings. The predicted molar refractivity (Wildman–Crippen MR) is 130 cm³/mol. The summed E-state index contributed by atoms with van der Waals surface area (Å²) in [5, 5.41) is 4.73. The van der Waals surface area contributed by atoms with E-state index in [2.05, 4.69) is 9.88 Å². The van der Waals surface area contributed by atoms with E-state index in [1.165, 1.54) is 0 Å². The van der Waals surface area contributed by atoms with Crippen LogP contribution in [0, 0.1) is 6.92 Å². The van der Waals surface area contributed by atoms with Gasteiger partial charge < -0.3 is 20.4 Å². The van der Waals surface area contributed by atoms with Crippen molar-refractivity contribution >= 4 is 50.0 Å². The highest BCUT2D eigenvalue weighted by molar-refractivity contribution is 8.76. The second-order valence-corrected chi connectivity index (χ2v) is 9.86. The highest BCUT2D eigenvalue weighted by Gasteiger charge is 2.18. The van der Waals surface area contributed by atoms with Gasteiger partial charge in [-0.2, -0.15) is 0 Å². The molecule has 0 atom stereocenters. The van der Waals surface area contributed by atoms with E-state index in [4.69, 9.17) is 22.1 Å². The standard InChI is InChI=1S/C22H26ClN3O2S2/c1-15-19(14-22(27)25-10-12-30-29-11-9-24)20-13-18(28-2)7-8-21(20)26(15)17-5-3-16(23)4-6-17/h3-8,13H,9-12,14,24H2,1-2H3,(H,25,27). The number of rotatable bonds is 10. The lowest BCUT2D eigenvalue weighted by Crippen LogP contribution is -2.27. The number of hydrogen-bond donors (Lipinski definition) is 2. The molecule has 5 nitrogen and oxygen atoms in total. The third-order valence-corrected chi connectivity index (χ3v) is 7.45. The molecule has 0 radical (unpaired) electrons. The molecule has 0 aliphatic carbocycles. The maximum atomic E-state index is 12.6. The summed E-state index contributed by atoms with van der Waals surface area (Å²) in [5.74, 6) is 2.56. The van der Waals surface area contributed by atoms with Crippen LogP contribution >= 0.6 is 33.2 Å². The minimum atomic E-state index is 0.0144. The maximum absolute atomic E-state index is 12.6. The van der Waals surface area contributed by atoms with Gasteiger partial charge in [0.2, 0.25) is 5.91 Å². The Kier molecular flexibility index (Phi) is 8.39. The Morgan fingerprint density at radius 3 is 2.60 bits per heavy atom. The van der Waals surface area contributed by atoms with Crippen molar-refractivity contribution in [2.75, 3.05) is 31.7 Å². The van der Waals surface area contributed by atoms with Gasteiger partial charge in [-0.15, -0.1) is 0 Å². The van der Waals surface area contributed by atoms with Crippen molar-refractivity contribution in [1.29, 1.82) is 0 Å². The summed E-state index contributed by atoms with van der Waals surface area (Å²) < 4.78 is 7.58. The van der Waals surface area contributed by atoms with Crippen LogP contribution in [0.2, 0.25) is 5.02 Å². The van der Waals surface area contributed by atoms with Crippen LogP contribution in [-0.4, -0.2) is 42.2 Å². The van der Waals surface area contributed by atoms with Crippen molar-refractivity contribution in [2.45, 2.75) is 13.3 Å². The third kappa shape index (κ3) is 5.46. The molecule has 8 heteroatoms. The van der Waals surface area contributed by atoms with Gasteiger partial charge in [0.15, 0.2) is 0 Å². The van der Waals surface area contributed by atoms with Crippen molar-refractivity contribution < 1.29 is 9.53 Å². The van der Waals surface area contributed by atoms with E-state index in [0.29, 0.717) is 24.5 Å². The quantitative estimate of drug-likeness (QED) is 0.339. The molecule has 0 fully saturated rings. The first-order valence-corrected chi connectivity index (χ1v) is 12.6. The molecule has 0 saturated heterocycles. The Morgan fingerprint density at radius 2 is 1.90 bits per heavy atom. The van der Waals surface area contributed by atoms with Crippen LogP contribution < -0.4 is 15.8 Å². The lowest BCUT2D eigenvalue weighted by atomic mass is 10.1. The number of benzene rings is 2. The number of amides is 1. The van der Waals surface area contributed by atoms with E-state index in [1.807, 2.05) is 49.4 Å². The number of nitrogens with one attached hydrogen (secondary N) is 1. The average molecular weight is 464 g/mol. The Bertz CT molecular complexity index is 1010. The predicted octanol–water partition coefficient (Wildman–Crippen LogP) is 4.60. The molecule has 1 aromatic heterocycles. The largest absolute Gasteiger partial charge is 0.497 e. The highest BCUT2D eigenvalue weighted by Crippen LogP contribution is 2.32. The summed E-state index contributed by atoms with van der Waals surface area (Å²) in [4.78, 5) is 12.6. The summed E-state index contributed by atoms with van der Waals surface area (Å²) in [6, 6.07) is 13.7. The number of carbonyl (C=O) groups excluding carboxylic acids is 1. The van der Waals surface area contributed by atoms with Gasteiger partial charge in [0.05, 0.1) is 19.0 Å². The zero-order valence-electron chi connectivity index (χ0n) is 17.1. The van der Waals surface area contributed by atoms with Crippen LogP contribution in [-0.2, 0) is 11.2 Å². The van der Waals surface area contributed by atoms with Crippen LogP contribution in [0.25, 0.3) is 16.6 Å². The summed E-state index contributed by atoms with van der Waals surface area (Å²) in [6.07, 6.45) is 0.316. The van der Waals surface area contributed by atoms with E-state index < -0.39 is 0 Å². The number of aromatic nitrogens is 1. The number of methoxy groups -OCH3 is 1. The molecular weight excluding hydrogens is 438 g/mol. The van der Waals surface area contributed by atoms with E-state index in [1.54, 1.807) is 28.7 Å². The molecule has 3 N–H and O–H groups in total. The zero-order valence-corrected chi connectivity index (χ0v) is 19.5. The molecule has 0 aliphatic rings. The summed E-state index contributed by atoms with van der Waals surface area (Å²) in [6.45, 7) is 3.35. The Morgan fingerprint density at radius 1 is 1.17 bits per heavy atom. The molecule has 160 valence electrons. The van der Waals surface area contributed by atoms with Gasteiger partial charge in [-0.3, -0.25) is 4.79 Å². The van der Waals surface area contributed by atoms with E-state index in [-0.39, 0.29) is 5.91 Å². The molecule has 0 unspecified atom stereocenters. The normalized spacial score (nSPS) is 11.1. The second kappa shape index (κ2) is 11.0. The number of nitrogens with zero attached hydrogens (tertiary/aromatic N) is 1. The minimum Gasteiger partial charge on any atom is -0.497 e. The van der Waals surface area contributed by atoms with Crippen molar-refractivity contribution in [3.63, 3.8) is 0 Å². The molecule has 0 saturated carbocycles. The van der Waals surface area contributed by atoms with Crippen LogP contribution in [0.15, 0.2) is 42.5 Å². The number of hydrogen-bond acceptors (Lipinski definition) is 5. The fourth-order valence-electron chi connectivity index (χ4n) is 3.36. The summed E-state index contributed by atoms with van der Waals surface area (Å²) in [7, 11) is 5.11. The first-order chi connectivity index (χ1) is 14.5. The molecule has 3 rings (SSSR count). The van der Waals surface area contributed by atoms with Gasteiger partial charge in [-0.25, -0.2) is 0 Å². The van der Waals surface area contributed by atoms with Gasteiger partial charge in [-0.1, -0.05) is 33.2 Å². The lowest BCUT2D eigenvalue weighted by molar-refractivity contribution is -0.120. The summed E-state index contributed by atoms with van der Waals surface area (Å²) in [5.41, 5.74) is 9.56. The van der Waals surface area contributed by atoms with Crippen LogP contribution in [0.4, 0.5) is 0 Å². The topological polar surface area (TPSA) is 69.3 Å². The Hall–Kier alpha value is -1.80. The van der Waals surface area contributed by atoms with Crippen molar-refractivity contribution in [3.05, 3.63) is 58.7 Å². The lowest BCUT2D eigenvalue weighted by Gasteiger charge is -2.09. The maximum Gasteiger partial charge on any atom is 0.224 e. The van der Waals surface area contributed by atoms with Gasteiger partial charge in [0, 0.05) is 46.4 Å². The number of carbonyl (C=O) groups is 1. The molecular formula is C22H26ClN3O2S2. The van der Waals surface area contributed by atoms with Crippen LogP contribution in [0.3, 0.4) is 0 Å². The fourth-order valence-corrected chi connectivity index (χ4v) is 5.25. The number of halogens is 1. The zero-order chi connectivity index (χ0) is 21.5. The minimum absolute atomic E-state index is 0.0144. The van der Waals surface area contributed by atoms with Crippen molar-refractivity contribution in [2.24, 2.45) is 5.73 Å². The molecule has 0 aliphatic heterocycles. The monoisotopic (exact) mass is 463 g/mol. The molecule has 30 heavy (non-hydrogen) atoms. The second-order valence-electron chi connectivity index (χ2n) is 6.72. The van der Waals surface area contributed by atoms with E-state index in [9.17, 15) is 4.79 Å². The SMILES string of the molecule is COc1ccc2c(c1)c(CC(=O)NCCSSCCN)c(C)n2-c1ccc(Cl)cc1. The average Bonchev–Trinajstić information content (AvgIpc) is 3.02. The Balaban J connectivity index is 1.85. The number of nitrogens with two attached hydrogens (primary N) is 1. The molecule has 2 aromatic carbocycles. The first kappa shape index (κ1) is 22.9. The Labute approximate surface area is 190 Å². The molecule has 0 bridgehead atoms. The van der Waals surface area contributed by atoms with Crippen molar-refractivity contribution in [3.8, 4) is 11.4 Å². The molecule has 1 amide bonds. The smallest absolute Gasteiger partial charge is 0.224 e. The van der Waals surface area contributed by atoms with Gasteiger partial charge in [-0.05, 0) is 55.0 Å². The number of fused-ring (bicyclic) bond motifs is 1. The first-order valence-electron chi connectivity index (χ1n) is 9.70. The van der Waals surface area contributed by atoms with E-state index in [0.717, 1.165) is 45.1 Å². The van der Waals surface area contributed by atoms with Crippen LogP contribution in [0.1, 0.15) is 11.3 Å². The van der Waals surface area contributed by atoms with E-state index >= 15 is 0 Å². The van der Waals surface area contributed by atoms with Gasteiger partial charge in [0.25, 0.3) is 0 Å². The molecule has 1 heterocycles. The molecule has 0 spiro atoms. The third-order valence-electron chi connectivity index (χ3n) is 4.76. The summed E-state index contributed by atoms with van der Waals surface area (Å²) >= 11 is 6.07. The van der Waals surface area contributed by atoms with Gasteiger partial charge in [0.1, 0.15) is 5.75 Å². The van der Waals surface area contributed by atoms with Crippen molar-refractivity contribution in [1.82, 2.24) is 9.88 Å². The highest BCUT2D eigenvalue weighted by atomic mass is 35.5. The van der Waals surface area contributed by atoms with Gasteiger partial charge >= 0.3 is 0 Å². The fraction of sp³-hybridized carbons (Fsp3) is 0.318. The number of ether oxygens (including phenoxy) is 1. The van der Waals surface area contributed by atoms with Crippen LogP contribution in [0.5, 0.6) is 5.75 Å².